The molecule has 2 heterocycles. The van der Waals surface area contributed by atoms with Crippen LogP contribution in [-0.4, -0.2) is 34.0 Å². The van der Waals surface area contributed by atoms with Gasteiger partial charge in [-0.3, -0.25) is 4.79 Å². The second kappa shape index (κ2) is 9.46. The molecule has 1 aliphatic heterocycles. The summed E-state index contributed by atoms with van der Waals surface area (Å²) in [6.07, 6.45) is 6.09. The summed E-state index contributed by atoms with van der Waals surface area (Å²) >= 11 is 0. The van der Waals surface area contributed by atoms with Gasteiger partial charge in [0.25, 0.3) is 0 Å². The van der Waals surface area contributed by atoms with Gasteiger partial charge in [0.2, 0.25) is 17.6 Å². The molecule has 2 aliphatic rings. The molecule has 5 nitrogen and oxygen atoms in total. The summed E-state index contributed by atoms with van der Waals surface area (Å²) in [5, 5.41) is 4.11. The maximum atomic E-state index is 13.7. The minimum atomic E-state index is -0.333. The van der Waals surface area contributed by atoms with Crippen molar-refractivity contribution in [3.05, 3.63) is 71.4 Å². The Balaban J connectivity index is 1.42. The predicted molar refractivity (Wildman–Crippen MR) is 124 cm³/mol. The number of carbonyl (C=O) groups excluding carboxylic acids is 1. The molecule has 3 aromatic rings. The molecule has 0 spiro atoms. The van der Waals surface area contributed by atoms with E-state index in [1.807, 2.05) is 4.90 Å². The lowest BCUT2D eigenvalue weighted by molar-refractivity contribution is -0.137. The highest BCUT2D eigenvalue weighted by Crippen LogP contribution is 2.38. The number of likely N-dealkylation sites (tertiary alicyclic amines) is 1. The molecule has 33 heavy (non-hydrogen) atoms. The van der Waals surface area contributed by atoms with E-state index >= 15 is 0 Å². The van der Waals surface area contributed by atoms with E-state index in [0.29, 0.717) is 23.8 Å². The topological polar surface area (TPSA) is 59.2 Å². The highest BCUT2D eigenvalue weighted by Gasteiger charge is 2.37. The zero-order valence-corrected chi connectivity index (χ0v) is 19.0. The number of carbonyl (C=O) groups is 1. The quantitative estimate of drug-likeness (QED) is 0.501. The fraction of sp³-hybridized carbons (Fsp3) is 0.444. The van der Waals surface area contributed by atoms with Crippen molar-refractivity contribution in [1.29, 1.82) is 0 Å². The van der Waals surface area contributed by atoms with E-state index < -0.39 is 0 Å². The third-order valence-electron chi connectivity index (χ3n) is 7.20. The molecule has 0 N–H and O–H groups in total. The molecular weight excluding hydrogens is 417 g/mol. The van der Waals surface area contributed by atoms with E-state index in [4.69, 9.17) is 4.52 Å². The maximum Gasteiger partial charge on any atom is 0.231 e. The second-order valence-corrected chi connectivity index (χ2v) is 9.42. The van der Waals surface area contributed by atoms with Crippen molar-refractivity contribution in [2.75, 3.05) is 13.1 Å². The third kappa shape index (κ3) is 4.70. The van der Waals surface area contributed by atoms with Crippen molar-refractivity contribution in [1.82, 2.24) is 15.0 Å². The van der Waals surface area contributed by atoms with Crippen molar-refractivity contribution in [2.45, 2.75) is 57.3 Å². The van der Waals surface area contributed by atoms with Gasteiger partial charge in [-0.15, -0.1) is 0 Å². The van der Waals surface area contributed by atoms with E-state index in [-0.39, 0.29) is 29.5 Å². The molecule has 1 saturated heterocycles. The molecule has 1 aromatic heterocycles. The first-order valence-electron chi connectivity index (χ1n) is 12.1. The average molecular weight is 448 g/mol. The van der Waals surface area contributed by atoms with Crippen molar-refractivity contribution >= 4 is 5.91 Å². The van der Waals surface area contributed by atoms with Gasteiger partial charge in [-0.25, -0.2) is 4.39 Å². The predicted octanol–water partition coefficient (Wildman–Crippen LogP) is 5.73. The summed E-state index contributed by atoms with van der Waals surface area (Å²) < 4.78 is 19.3. The fourth-order valence-electron chi connectivity index (χ4n) is 5.30. The molecule has 172 valence electrons. The van der Waals surface area contributed by atoms with Crippen LogP contribution in [-0.2, 0) is 11.2 Å². The van der Waals surface area contributed by atoms with Gasteiger partial charge in [0, 0.05) is 30.5 Å². The monoisotopic (exact) mass is 447 g/mol. The Bertz CT molecular complexity index is 1100. The Morgan fingerprint density at radius 2 is 1.85 bits per heavy atom. The molecule has 0 radical (unpaired) electrons. The standard InChI is InChI=1S/C27H30FN3O2/c1-2-18-10-12-19(13-11-18)22-14-23(17-31(16-22)27(32)20-6-3-4-7-20)26-29-25(30-33-26)21-8-5-9-24(28)15-21/h5,8-13,15,20,22-23H,2-4,6-7,14,16-17H2,1H3. The van der Waals surface area contributed by atoms with Gasteiger partial charge < -0.3 is 9.42 Å². The van der Waals surface area contributed by atoms with Crippen LogP contribution in [0.25, 0.3) is 11.4 Å². The van der Waals surface area contributed by atoms with Gasteiger partial charge >= 0.3 is 0 Å². The van der Waals surface area contributed by atoms with Crippen LogP contribution in [0, 0.1) is 11.7 Å². The van der Waals surface area contributed by atoms with E-state index in [0.717, 1.165) is 45.1 Å². The second-order valence-electron chi connectivity index (χ2n) is 9.42. The number of halogens is 1. The number of aryl methyl sites for hydroxylation is 1. The summed E-state index contributed by atoms with van der Waals surface area (Å²) in [5.74, 6) is 1.13. The number of nitrogens with zero attached hydrogens (tertiary/aromatic N) is 3. The average Bonchev–Trinajstić information content (AvgIpc) is 3.56. The van der Waals surface area contributed by atoms with Crippen LogP contribution in [0.15, 0.2) is 53.1 Å². The van der Waals surface area contributed by atoms with Crippen LogP contribution in [0.2, 0.25) is 0 Å². The molecule has 2 fully saturated rings. The number of aromatic nitrogens is 2. The van der Waals surface area contributed by atoms with Crippen LogP contribution in [0.1, 0.15) is 67.9 Å². The SMILES string of the molecule is CCc1ccc(C2CC(c3nc(-c4cccc(F)c4)no3)CN(C(=O)C3CCCC3)C2)cc1. The van der Waals surface area contributed by atoms with Crippen LogP contribution < -0.4 is 0 Å². The Morgan fingerprint density at radius 3 is 2.58 bits per heavy atom. The molecule has 1 aliphatic carbocycles. The smallest absolute Gasteiger partial charge is 0.231 e. The highest BCUT2D eigenvalue weighted by atomic mass is 19.1. The number of piperidine rings is 1. The highest BCUT2D eigenvalue weighted by molar-refractivity contribution is 5.79. The maximum absolute atomic E-state index is 13.7. The normalized spacial score (nSPS) is 21.5. The minimum Gasteiger partial charge on any atom is -0.341 e. The van der Waals surface area contributed by atoms with Gasteiger partial charge in [-0.1, -0.05) is 61.3 Å². The number of rotatable bonds is 5. The van der Waals surface area contributed by atoms with Gasteiger partial charge in [0.05, 0.1) is 5.92 Å². The number of hydrogen-bond acceptors (Lipinski definition) is 4. The third-order valence-corrected chi connectivity index (χ3v) is 7.20. The Morgan fingerprint density at radius 1 is 1.09 bits per heavy atom. The van der Waals surface area contributed by atoms with E-state index in [1.165, 1.54) is 23.3 Å². The van der Waals surface area contributed by atoms with E-state index in [1.54, 1.807) is 12.1 Å². The largest absolute Gasteiger partial charge is 0.341 e. The van der Waals surface area contributed by atoms with E-state index in [9.17, 15) is 9.18 Å². The van der Waals surface area contributed by atoms with Crippen LogP contribution in [0.3, 0.4) is 0 Å². The molecule has 2 unspecified atom stereocenters. The molecule has 0 bridgehead atoms. The number of amides is 1. The molecule has 5 rings (SSSR count). The Kier molecular flexibility index (Phi) is 6.25. The zero-order chi connectivity index (χ0) is 22.8. The van der Waals surface area contributed by atoms with Crippen molar-refractivity contribution in [3.63, 3.8) is 0 Å². The molecular formula is C27H30FN3O2. The lowest BCUT2D eigenvalue weighted by Crippen LogP contribution is -2.44. The first kappa shape index (κ1) is 21.8. The lowest BCUT2D eigenvalue weighted by atomic mass is 9.83. The molecule has 2 aromatic carbocycles. The van der Waals surface area contributed by atoms with Gasteiger partial charge in [-0.2, -0.15) is 4.98 Å². The molecule has 6 heteroatoms. The number of benzene rings is 2. The molecule has 1 saturated carbocycles. The Hall–Kier alpha value is -3.02. The lowest BCUT2D eigenvalue weighted by Gasteiger charge is -2.38. The van der Waals surface area contributed by atoms with Crippen LogP contribution >= 0.6 is 0 Å². The number of hydrogen-bond donors (Lipinski definition) is 0. The summed E-state index contributed by atoms with van der Waals surface area (Å²) in [7, 11) is 0. The van der Waals surface area contributed by atoms with Crippen LogP contribution in [0.5, 0.6) is 0 Å². The zero-order valence-electron chi connectivity index (χ0n) is 19.0. The summed E-state index contributed by atoms with van der Waals surface area (Å²) in [4.78, 5) is 20.0. The minimum absolute atomic E-state index is 0.0465. The van der Waals surface area contributed by atoms with Gasteiger partial charge in [0.1, 0.15) is 5.82 Å². The fourth-order valence-corrected chi connectivity index (χ4v) is 5.30. The van der Waals surface area contributed by atoms with Crippen molar-refractivity contribution in [3.8, 4) is 11.4 Å². The van der Waals surface area contributed by atoms with Crippen LogP contribution in [0.4, 0.5) is 4.39 Å². The van der Waals surface area contributed by atoms with Crippen molar-refractivity contribution < 1.29 is 13.7 Å². The van der Waals surface area contributed by atoms with E-state index in [2.05, 4.69) is 41.3 Å². The first-order chi connectivity index (χ1) is 16.1. The Labute approximate surface area is 194 Å². The van der Waals surface area contributed by atoms with Gasteiger partial charge in [-0.05, 0) is 48.9 Å². The summed E-state index contributed by atoms with van der Waals surface area (Å²) in [6, 6.07) is 14.9. The molecule has 1 amide bonds. The molecule has 2 atom stereocenters. The summed E-state index contributed by atoms with van der Waals surface area (Å²) in [5.41, 5.74) is 3.14. The summed E-state index contributed by atoms with van der Waals surface area (Å²) in [6.45, 7) is 3.46. The van der Waals surface area contributed by atoms with Crippen molar-refractivity contribution in [2.24, 2.45) is 5.92 Å². The first-order valence-corrected chi connectivity index (χ1v) is 12.1. The van der Waals surface area contributed by atoms with Gasteiger partial charge in [0.15, 0.2) is 0 Å².